The summed E-state index contributed by atoms with van der Waals surface area (Å²) >= 11 is 0. The molecule has 0 unspecified atom stereocenters. The Balaban J connectivity index is 3.73. The lowest BCUT2D eigenvalue weighted by Crippen LogP contribution is -2.31. The van der Waals surface area contributed by atoms with Crippen LogP contribution in [0.3, 0.4) is 0 Å². The Kier molecular flexibility index (Phi) is 9.49. The molecule has 0 heterocycles. The standard InChI is InChI=1S/C13H25NO3/c1-3-5-6-7-8-11-14(4-2)12(15)9-10-13(16)17/h3-11H2,1-2H3,(H,16,17). The number of hydrogen-bond donors (Lipinski definition) is 1. The van der Waals surface area contributed by atoms with Crippen LogP contribution in [0.5, 0.6) is 0 Å². The topological polar surface area (TPSA) is 57.6 Å². The zero-order valence-corrected chi connectivity index (χ0v) is 11.1. The first kappa shape index (κ1) is 15.9. The highest BCUT2D eigenvalue weighted by Crippen LogP contribution is 2.05. The lowest BCUT2D eigenvalue weighted by Gasteiger charge is -2.20. The van der Waals surface area contributed by atoms with Crippen LogP contribution in [0.2, 0.25) is 0 Å². The smallest absolute Gasteiger partial charge is 0.303 e. The molecule has 1 N–H and O–H groups in total. The van der Waals surface area contributed by atoms with Crippen molar-refractivity contribution in [3.8, 4) is 0 Å². The number of hydrogen-bond acceptors (Lipinski definition) is 2. The molecule has 0 aromatic carbocycles. The molecule has 0 spiro atoms. The summed E-state index contributed by atoms with van der Waals surface area (Å²) in [7, 11) is 0. The Hall–Kier alpha value is -1.06. The summed E-state index contributed by atoms with van der Waals surface area (Å²) < 4.78 is 0. The lowest BCUT2D eigenvalue weighted by atomic mass is 10.1. The second kappa shape index (κ2) is 10.1. The van der Waals surface area contributed by atoms with Crippen LogP contribution in [0.25, 0.3) is 0 Å². The minimum atomic E-state index is -0.905. The molecule has 0 aliphatic rings. The van der Waals surface area contributed by atoms with E-state index in [1.165, 1.54) is 19.3 Å². The quantitative estimate of drug-likeness (QED) is 0.600. The summed E-state index contributed by atoms with van der Waals surface area (Å²) in [5.74, 6) is -0.942. The summed E-state index contributed by atoms with van der Waals surface area (Å²) in [4.78, 5) is 23.8. The van der Waals surface area contributed by atoms with Crippen LogP contribution in [0, 0.1) is 0 Å². The van der Waals surface area contributed by atoms with Gasteiger partial charge in [0, 0.05) is 19.5 Å². The maximum atomic E-state index is 11.7. The van der Waals surface area contributed by atoms with Gasteiger partial charge in [0.05, 0.1) is 6.42 Å². The number of amides is 1. The van der Waals surface area contributed by atoms with Crippen molar-refractivity contribution in [2.24, 2.45) is 0 Å². The fourth-order valence-corrected chi connectivity index (χ4v) is 1.74. The molecule has 0 saturated carbocycles. The van der Waals surface area contributed by atoms with E-state index in [1.54, 1.807) is 4.90 Å². The highest BCUT2D eigenvalue weighted by molar-refractivity contribution is 5.80. The minimum Gasteiger partial charge on any atom is -0.481 e. The van der Waals surface area contributed by atoms with Crippen LogP contribution in [-0.4, -0.2) is 35.0 Å². The molecule has 100 valence electrons. The number of carbonyl (C=O) groups excluding carboxylic acids is 1. The van der Waals surface area contributed by atoms with Gasteiger partial charge in [-0.05, 0) is 13.3 Å². The molecule has 17 heavy (non-hydrogen) atoms. The van der Waals surface area contributed by atoms with Gasteiger partial charge in [-0.1, -0.05) is 32.6 Å². The zero-order chi connectivity index (χ0) is 13.1. The maximum absolute atomic E-state index is 11.7. The van der Waals surface area contributed by atoms with Crippen molar-refractivity contribution in [2.45, 2.75) is 58.8 Å². The van der Waals surface area contributed by atoms with Crippen LogP contribution >= 0.6 is 0 Å². The Morgan fingerprint density at radius 3 is 2.18 bits per heavy atom. The first-order valence-electron chi connectivity index (χ1n) is 6.61. The Morgan fingerprint density at radius 1 is 1.00 bits per heavy atom. The number of carbonyl (C=O) groups is 2. The molecule has 0 rings (SSSR count). The molecular formula is C13H25NO3. The Bertz CT molecular complexity index is 229. The fraction of sp³-hybridized carbons (Fsp3) is 0.846. The van der Waals surface area contributed by atoms with E-state index in [9.17, 15) is 9.59 Å². The van der Waals surface area contributed by atoms with Gasteiger partial charge in [-0.25, -0.2) is 0 Å². The minimum absolute atomic E-state index is 0.0367. The van der Waals surface area contributed by atoms with Crippen molar-refractivity contribution in [3.63, 3.8) is 0 Å². The molecule has 0 fully saturated rings. The first-order valence-corrected chi connectivity index (χ1v) is 6.61. The predicted molar refractivity (Wildman–Crippen MR) is 67.9 cm³/mol. The van der Waals surface area contributed by atoms with Gasteiger partial charge in [0.2, 0.25) is 5.91 Å². The molecular weight excluding hydrogens is 218 g/mol. The number of aliphatic carboxylic acids is 1. The van der Waals surface area contributed by atoms with Gasteiger partial charge in [-0.3, -0.25) is 9.59 Å². The summed E-state index contributed by atoms with van der Waals surface area (Å²) in [5.41, 5.74) is 0. The van der Waals surface area contributed by atoms with Crippen molar-refractivity contribution in [1.82, 2.24) is 4.90 Å². The lowest BCUT2D eigenvalue weighted by molar-refractivity contribution is -0.140. The fourth-order valence-electron chi connectivity index (χ4n) is 1.74. The van der Waals surface area contributed by atoms with Crippen LogP contribution in [0.15, 0.2) is 0 Å². The van der Waals surface area contributed by atoms with E-state index in [4.69, 9.17) is 5.11 Å². The molecule has 0 aromatic rings. The molecule has 1 amide bonds. The van der Waals surface area contributed by atoms with Crippen molar-refractivity contribution in [1.29, 1.82) is 0 Å². The SMILES string of the molecule is CCCCCCCN(CC)C(=O)CCC(=O)O. The van der Waals surface area contributed by atoms with Crippen molar-refractivity contribution >= 4 is 11.9 Å². The van der Waals surface area contributed by atoms with Gasteiger partial charge >= 0.3 is 5.97 Å². The van der Waals surface area contributed by atoms with Gasteiger partial charge in [0.25, 0.3) is 0 Å². The predicted octanol–water partition coefficient (Wildman–Crippen LogP) is 2.67. The van der Waals surface area contributed by atoms with Crippen LogP contribution < -0.4 is 0 Å². The van der Waals surface area contributed by atoms with E-state index in [1.807, 2.05) is 6.92 Å². The van der Waals surface area contributed by atoms with Gasteiger partial charge in [0.15, 0.2) is 0 Å². The van der Waals surface area contributed by atoms with Crippen LogP contribution in [0.1, 0.15) is 58.8 Å². The Morgan fingerprint density at radius 2 is 1.65 bits per heavy atom. The van der Waals surface area contributed by atoms with Crippen LogP contribution in [0.4, 0.5) is 0 Å². The number of nitrogens with zero attached hydrogens (tertiary/aromatic N) is 1. The molecule has 0 aliphatic heterocycles. The summed E-state index contributed by atoms with van der Waals surface area (Å²) in [6.45, 7) is 5.55. The normalized spacial score (nSPS) is 10.2. The zero-order valence-electron chi connectivity index (χ0n) is 11.1. The number of carboxylic acids is 1. The van der Waals surface area contributed by atoms with Crippen molar-refractivity contribution < 1.29 is 14.7 Å². The molecule has 0 atom stereocenters. The van der Waals surface area contributed by atoms with E-state index in [2.05, 4.69) is 6.92 Å². The van der Waals surface area contributed by atoms with Crippen LogP contribution in [-0.2, 0) is 9.59 Å². The van der Waals surface area contributed by atoms with Gasteiger partial charge in [0.1, 0.15) is 0 Å². The average molecular weight is 243 g/mol. The van der Waals surface area contributed by atoms with Crippen molar-refractivity contribution in [3.05, 3.63) is 0 Å². The summed E-state index contributed by atoms with van der Waals surface area (Å²) in [6, 6.07) is 0. The van der Waals surface area contributed by atoms with Gasteiger partial charge in [-0.15, -0.1) is 0 Å². The molecule has 0 aromatic heterocycles. The largest absolute Gasteiger partial charge is 0.481 e. The first-order chi connectivity index (χ1) is 8.11. The van der Waals surface area contributed by atoms with Gasteiger partial charge < -0.3 is 10.0 Å². The third-order valence-electron chi connectivity index (χ3n) is 2.82. The van der Waals surface area contributed by atoms with E-state index in [0.717, 1.165) is 19.4 Å². The Labute approximate surface area is 104 Å². The number of carboxylic acid groups (broad SMARTS) is 1. The number of unbranched alkanes of at least 4 members (excludes halogenated alkanes) is 4. The highest BCUT2D eigenvalue weighted by Gasteiger charge is 2.12. The third-order valence-corrected chi connectivity index (χ3v) is 2.82. The number of rotatable bonds is 10. The van der Waals surface area contributed by atoms with E-state index >= 15 is 0 Å². The molecule has 0 aliphatic carbocycles. The highest BCUT2D eigenvalue weighted by atomic mass is 16.4. The second-order valence-electron chi connectivity index (χ2n) is 4.28. The molecule has 0 bridgehead atoms. The third kappa shape index (κ3) is 8.72. The van der Waals surface area contributed by atoms with Gasteiger partial charge in [-0.2, -0.15) is 0 Å². The van der Waals surface area contributed by atoms with E-state index in [0.29, 0.717) is 6.54 Å². The molecule has 4 nitrogen and oxygen atoms in total. The molecule has 0 radical (unpaired) electrons. The van der Waals surface area contributed by atoms with E-state index in [-0.39, 0.29) is 18.7 Å². The molecule has 4 heteroatoms. The second-order valence-corrected chi connectivity index (χ2v) is 4.28. The summed E-state index contributed by atoms with van der Waals surface area (Å²) in [6.07, 6.45) is 5.91. The van der Waals surface area contributed by atoms with E-state index < -0.39 is 5.97 Å². The molecule has 0 saturated heterocycles. The maximum Gasteiger partial charge on any atom is 0.303 e. The monoisotopic (exact) mass is 243 g/mol. The van der Waals surface area contributed by atoms with Crippen molar-refractivity contribution in [2.75, 3.05) is 13.1 Å². The summed E-state index contributed by atoms with van der Waals surface area (Å²) in [5, 5.41) is 8.52. The average Bonchev–Trinajstić information content (AvgIpc) is 2.31.